The predicted molar refractivity (Wildman–Crippen MR) is 129 cm³/mol. The van der Waals surface area contributed by atoms with Crippen molar-refractivity contribution in [2.75, 3.05) is 24.5 Å². The van der Waals surface area contributed by atoms with E-state index < -0.39 is 11.6 Å². The number of rotatable bonds is 3. The van der Waals surface area contributed by atoms with Crippen LogP contribution in [0.3, 0.4) is 0 Å². The van der Waals surface area contributed by atoms with Gasteiger partial charge in [-0.15, -0.1) is 0 Å². The third kappa shape index (κ3) is 3.60. The van der Waals surface area contributed by atoms with Gasteiger partial charge in [-0.3, -0.25) is 14.8 Å². The molecule has 0 spiro atoms. The third-order valence-electron chi connectivity index (χ3n) is 7.14. The molecule has 2 aliphatic heterocycles. The number of nitrogens with zero attached hydrogens (tertiary/aromatic N) is 5. The zero-order valence-electron chi connectivity index (χ0n) is 19.2. The van der Waals surface area contributed by atoms with Crippen LogP contribution in [0, 0.1) is 24.5 Å². The van der Waals surface area contributed by atoms with Gasteiger partial charge < -0.3 is 9.80 Å². The number of halogens is 2. The Hall–Kier alpha value is -3.94. The number of benzene rings is 2. The molecule has 8 heteroatoms. The van der Waals surface area contributed by atoms with Gasteiger partial charge in [0.2, 0.25) is 0 Å². The van der Waals surface area contributed by atoms with Crippen molar-refractivity contribution >= 4 is 22.8 Å². The van der Waals surface area contributed by atoms with Gasteiger partial charge in [-0.05, 0) is 43.2 Å². The lowest BCUT2D eigenvalue weighted by Gasteiger charge is -2.54. The van der Waals surface area contributed by atoms with Gasteiger partial charge in [0, 0.05) is 37.3 Å². The van der Waals surface area contributed by atoms with Crippen molar-refractivity contribution in [1.82, 2.24) is 19.9 Å². The first-order valence-corrected chi connectivity index (χ1v) is 11.7. The minimum Gasteiger partial charge on any atom is -0.350 e. The maximum atomic E-state index is 15.3. The molecule has 4 heterocycles. The van der Waals surface area contributed by atoms with Crippen molar-refractivity contribution in [2.45, 2.75) is 19.4 Å². The van der Waals surface area contributed by atoms with E-state index in [9.17, 15) is 9.18 Å². The van der Waals surface area contributed by atoms with Crippen LogP contribution in [-0.4, -0.2) is 51.4 Å². The zero-order chi connectivity index (χ0) is 24.1. The largest absolute Gasteiger partial charge is 0.350 e. The maximum absolute atomic E-state index is 15.3. The number of carbonyl (C=O) groups excluding carboxylic acids is 1. The highest BCUT2D eigenvalue weighted by Crippen LogP contribution is 2.37. The van der Waals surface area contributed by atoms with Crippen LogP contribution in [0.15, 0.2) is 60.9 Å². The number of hydrogen-bond acceptors (Lipinski definition) is 5. The normalized spacial score (nSPS) is 19.4. The van der Waals surface area contributed by atoms with Crippen molar-refractivity contribution in [1.29, 1.82) is 0 Å². The molecule has 1 amide bonds. The second-order valence-electron chi connectivity index (χ2n) is 9.19. The molecule has 176 valence electrons. The SMILES string of the molecule is Cc1ccc(-c2ccccn2)c(C(=O)N2CC[C@H]3CN(c4cnc5cccc(F)c5n4)[C@@H]3C2)c1F. The lowest BCUT2D eigenvalue weighted by Crippen LogP contribution is -2.65. The molecule has 2 aromatic carbocycles. The van der Waals surface area contributed by atoms with Crippen LogP contribution < -0.4 is 4.90 Å². The third-order valence-corrected chi connectivity index (χ3v) is 7.14. The highest BCUT2D eigenvalue weighted by Gasteiger charge is 2.45. The maximum Gasteiger partial charge on any atom is 0.257 e. The van der Waals surface area contributed by atoms with E-state index in [-0.39, 0.29) is 23.0 Å². The molecule has 0 aliphatic carbocycles. The van der Waals surface area contributed by atoms with E-state index in [0.29, 0.717) is 47.2 Å². The molecule has 0 bridgehead atoms. The molecular weight excluding hydrogens is 448 g/mol. The van der Waals surface area contributed by atoms with Crippen molar-refractivity contribution < 1.29 is 13.6 Å². The number of carbonyl (C=O) groups is 1. The lowest BCUT2D eigenvalue weighted by molar-refractivity contribution is 0.0587. The molecule has 2 atom stereocenters. The van der Waals surface area contributed by atoms with Gasteiger partial charge in [0.15, 0.2) is 5.82 Å². The minimum atomic E-state index is -0.512. The highest BCUT2D eigenvalue weighted by atomic mass is 19.1. The number of aryl methyl sites for hydroxylation is 1. The van der Waals surface area contributed by atoms with Crippen LogP contribution in [0.5, 0.6) is 0 Å². The predicted octanol–water partition coefficient (Wildman–Crippen LogP) is 4.63. The van der Waals surface area contributed by atoms with E-state index in [0.717, 1.165) is 13.0 Å². The van der Waals surface area contributed by atoms with E-state index in [1.807, 2.05) is 6.07 Å². The quantitative estimate of drug-likeness (QED) is 0.436. The number of aromatic nitrogens is 3. The smallest absolute Gasteiger partial charge is 0.257 e. The van der Waals surface area contributed by atoms with Crippen LogP contribution >= 0.6 is 0 Å². The van der Waals surface area contributed by atoms with Gasteiger partial charge in [-0.1, -0.05) is 24.3 Å². The number of piperidine rings is 1. The first-order chi connectivity index (χ1) is 17.0. The Labute approximate surface area is 201 Å². The Bertz CT molecular complexity index is 1440. The van der Waals surface area contributed by atoms with Crippen molar-refractivity contribution in [3.63, 3.8) is 0 Å². The number of hydrogen-bond donors (Lipinski definition) is 0. The van der Waals surface area contributed by atoms with E-state index in [4.69, 9.17) is 0 Å². The lowest BCUT2D eigenvalue weighted by atomic mass is 9.82. The van der Waals surface area contributed by atoms with Crippen LogP contribution in [0.2, 0.25) is 0 Å². The summed E-state index contributed by atoms with van der Waals surface area (Å²) in [6.45, 7) is 3.43. The fourth-order valence-corrected chi connectivity index (χ4v) is 5.16. The number of fused-ring (bicyclic) bond motifs is 2. The fraction of sp³-hybridized carbons (Fsp3) is 0.259. The second kappa shape index (κ2) is 8.37. The monoisotopic (exact) mass is 471 g/mol. The van der Waals surface area contributed by atoms with Gasteiger partial charge in [-0.2, -0.15) is 0 Å². The van der Waals surface area contributed by atoms with E-state index in [1.165, 1.54) is 6.07 Å². The molecule has 2 saturated heterocycles. The number of likely N-dealkylation sites (tertiary alicyclic amines) is 1. The molecule has 0 unspecified atom stereocenters. The Morgan fingerprint density at radius 2 is 1.91 bits per heavy atom. The molecule has 2 fully saturated rings. The average Bonchev–Trinajstić information content (AvgIpc) is 2.87. The molecule has 6 nitrogen and oxygen atoms in total. The molecule has 6 rings (SSSR count). The summed E-state index contributed by atoms with van der Waals surface area (Å²) >= 11 is 0. The Balaban J connectivity index is 1.30. The van der Waals surface area contributed by atoms with E-state index >= 15 is 4.39 Å². The van der Waals surface area contributed by atoms with Crippen molar-refractivity contribution in [2.24, 2.45) is 5.92 Å². The topological polar surface area (TPSA) is 62.2 Å². The minimum absolute atomic E-state index is 0.0254. The first-order valence-electron chi connectivity index (χ1n) is 11.7. The summed E-state index contributed by atoms with van der Waals surface area (Å²) in [4.78, 5) is 30.7. The summed E-state index contributed by atoms with van der Waals surface area (Å²) in [5.74, 6) is -0.274. The van der Waals surface area contributed by atoms with Crippen molar-refractivity contribution in [3.8, 4) is 11.3 Å². The molecular formula is C27H23F2N5O. The van der Waals surface area contributed by atoms with Crippen LogP contribution in [0.25, 0.3) is 22.3 Å². The summed E-state index contributed by atoms with van der Waals surface area (Å²) < 4.78 is 29.6. The van der Waals surface area contributed by atoms with Crippen LogP contribution in [0.1, 0.15) is 22.3 Å². The van der Waals surface area contributed by atoms with E-state index in [1.54, 1.807) is 60.6 Å². The Morgan fingerprint density at radius 3 is 2.74 bits per heavy atom. The fourth-order valence-electron chi connectivity index (χ4n) is 5.16. The average molecular weight is 472 g/mol. The Kier molecular flexibility index (Phi) is 5.16. The van der Waals surface area contributed by atoms with Crippen molar-refractivity contribution in [3.05, 3.63) is 83.7 Å². The van der Waals surface area contributed by atoms with Gasteiger partial charge >= 0.3 is 0 Å². The number of amides is 1. The van der Waals surface area contributed by atoms with Crippen LogP contribution in [0.4, 0.5) is 14.6 Å². The van der Waals surface area contributed by atoms with Gasteiger partial charge in [-0.25, -0.2) is 13.8 Å². The first kappa shape index (κ1) is 21.6. The molecule has 0 radical (unpaired) electrons. The second-order valence-corrected chi connectivity index (χ2v) is 9.19. The standard InChI is InChI=1S/C27H23F2N5O/c1-16-8-9-18(20-6-2-3-11-30-20)24(25(16)29)27(35)33-12-10-17-14-34(22(17)15-33)23-13-31-21-7-4-5-19(28)26(21)32-23/h2-9,11,13,17,22H,10,12,14-15H2,1H3/t17-,22+/m0/s1. The van der Waals surface area contributed by atoms with Crippen LogP contribution in [-0.2, 0) is 0 Å². The zero-order valence-corrected chi connectivity index (χ0v) is 19.2. The van der Waals surface area contributed by atoms with Gasteiger partial charge in [0.25, 0.3) is 5.91 Å². The molecule has 2 aromatic heterocycles. The summed E-state index contributed by atoms with van der Waals surface area (Å²) in [5, 5.41) is 0. The number of para-hydroxylation sites is 1. The number of pyridine rings is 1. The highest BCUT2D eigenvalue weighted by molar-refractivity contribution is 6.01. The van der Waals surface area contributed by atoms with Gasteiger partial charge in [0.05, 0.1) is 29.0 Å². The van der Waals surface area contributed by atoms with E-state index in [2.05, 4.69) is 19.9 Å². The summed E-state index contributed by atoms with van der Waals surface area (Å²) in [6.07, 6.45) is 4.10. The summed E-state index contributed by atoms with van der Waals surface area (Å²) in [5.41, 5.74) is 2.26. The Morgan fingerprint density at radius 1 is 1.03 bits per heavy atom. The summed E-state index contributed by atoms with van der Waals surface area (Å²) in [6, 6.07) is 13.5. The summed E-state index contributed by atoms with van der Waals surface area (Å²) in [7, 11) is 0. The number of anilines is 1. The molecule has 2 aliphatic rings. The van der Waals surface area contributed by atoms with Gasteiger partial charge in [0.1, 0.15) is 17.2 Å². The molecule has 0 saturated carbocycles. The molecule has 4 aromatic rings. The molecule has 35 heavy (non-hydrogen) atoms. The molecule has 0 N–H and O–H groups in total.